The van der Waals surface area contributed by atoms with Crippen molar-refractivity contribution in [3.8, 4) is 0 Å². The van der Waals surface area contributed by atoms with Gasteiger partial charge in [0, 0.05) is 30.8 Å². The maximum absolute atomic E-state index is 12.4. The van der Waals surface area contributed by atoms with Crippen LogP contribution in [-0.2, 0) is 14.3 Å². The highest BCUT2D eigenvalue weighted by Crippen LogP contribution is 2.22. The number of likely N-dealkylation sites (N-methyl/N-ethyl adjacent to an activating group) is 1. The molecular formula is C15H15N3O6. The second-order valence-electron chi connectivity index (χ2n) is 5.08. The third-order valence-corrected chi connectivity index (χ3v) is 3.48. The maximum Gasteiger partial charge on any atom is 0.315 e. The second kappa shape index (κ2) is 6.90. The van der Waals surface area contributed by atoms with E-state index in [4.69, 9.17) is 0 Å². The molecule has 0 bridgehead atoms. The fourth-order valence-electron chi connectivity index (χ4n) is 2.15. The number of nitrogens with zero attached hydrogens (tertiary/aromatic N) is 3. The molecule has 0 saturated heterocycles. The summed E-state index contributed by atoms with van der Waals surface area (Å²) >= 11 is 0. The quantitative estimate of drug-likeness (QED) is 0.352. The molecule has 0 aliphatic carbocycles. The summed E-state index contributed by atoms with van der Waals surface area (Å²) in [5, 5.41) is 11.5. The fourth-order valence-corrected chi connectivity index (χ4v) is 2.15. The number of esters is 1. The molecule has 1 heterocycles. The molecule has 2 rings (SSSR count). The monoisotopic (exact) mass is 333 g/mol. The number of non-ortho nitro benzene ring substituents is 1. The van der Waals surface area contributed by atoms with Gasteiger partial charge in [0.1, 0.15) is 13.0 Å². The van der Waals surface area contributed by atoms with Crippen molar-refractivity contribution in [2.24, 2.45) is 0 Å². The zero-order valence-electron chi connectivity index (χ0n) is 13.1. The van der Waals surface area contributed by atoms with E-state index in [1.165, 1.54) is 37.1 Å². The molecule has 0 aliphatic rings. The van der Waals surface area contributed by atoms with E-state index >= 15 is 0 Å². The Morgan fingerprint density at radius 2 is 2.00 bits per heavy atom. The Morgan fingerprint density at radius 1 is 1.29 bits per heavy atom. The molecule has 1 aromatic heterocycles. The molecule has 0 spiro atoms. The number of hydrogen-bond donors (Lipinski definition) is 0. The predicted molar refractivity (Wildman–Crippen MR) is 83.5 cm³/mol. The predicted octanol–water partition coefficient (Wildman–Crippen LogP) is 1.21. The topological polar surface area (TPSA) is 112 Å². The summed E-state index contributed by atoms with van der Waals surface area (Å²) in [7, 11) is 2.55. The number of rotatable bonds is 5. The third-order valence-electron chi connectivity index (χ3n) is 3.48. The summed E-state index contributed by atoms with van der Waals surface area (Å²) in [4.78, 5) is 46.7. The lowest BCUT2D eigenvalue weighted by atomic mass is 10.2. The minimum absolute atomic E-state index is 0.134. The minimum atomic E-state index is -0.693. The number of nitro benzene ring substituents is 1. The summed E-state index contributed by atoms with van der Waals surface area (Å²) in [5.74, 6) is -1.70. The van der Waals surface area contributed by atoms with Crippen LogP contribution in [0.3, 0.4) is 0 Å². The summed E-state index contributed by atoms with van der Waals surface area (Å²) in [6.45, 7) is -0.275. The Kier molecular flexibility index (Phi) is 4.93. The Bertz CT molecular complexity index is 826. The highest BCUT2D eigenvalue weighted by Gasteiger charge is 2.19. The molecule has 126 valence electrons. The third kappa shape index (κ3) is 3.57. The van der Waals surface area contributed by atoms with Crippen LogP contribution >= 0.6 is 0 Å². The molecular weight excluding hydrogens is 318 g/mol. The highest BCUT2D eigenvalue weighted by molar-refractivity contribution is 5.98. The molecule has 0 saturated carbocycles. The van der Waals surface area contributed by atoms with Crippen LogP contribution in [-0.4, -0.2) is 52.9 Å². The van der Waals surface area contributed by atoms with Crippen molar-refractivity contribution in [1.82, 2.24) is 9.47 Å². The first-order valence-electron chi connectivity index (χ1n) is 6.93. The molecule has 0 aliphatic heterocycles. The molecule has 0 N–H and O–H groups in total. The summed E-state index contributed by atoms with van der Waals surface area (Å²) < 4.78 is 5.64. The van der Waals surface area contributed by atoms with Gasteiger partial charge in [-0.05, 0) is 12.1 Å². The number of benzene rings is 1. The van der Waals surface area contributed by atoms with Gasteiger partial charge in [-0.2, -0.15) is 0 Å². The molecule has 24 heavy (non-hydrogen) atoms. The summed E-state index contributed by atoms with van der Waals surface area (Å²) in [5.41, 5.74) is 0.244. The number of nitro groups is 1. The van der Waals surface area contributed by atoms with E-state index in [-0.39, 0.29) is 12.2 Å². The van der Waals surface area contributed by atoms with Gasteiger partial charge in [0.25, 0.3) is 11.6 Å². The van der Waals surface area contributed by atoms with Crippen LogP contribution in [0.4, 0.5) is 5.69 Å². The van der Waals surface area contributed by atoms with E-state index in [0.29, 0.717) is 10.9 Å². The molecule has 0 unspecified atom stereocenters. The van der Waals surface area contributed by atoms with Gasteiger partial charge in [-0.25, -0.2) is 0 Å². The molecule has 0 radical (unpaired) electrons. The zero-order valence-corrected chi connectivity index (χ0v) is 13.1. The first kappa shape index (κ1) is 17.1. The number of fused-ring (bicyclic) bond motifs is 1. The minimum Gasteiger partial charge on any atom is -0.469 e. The molecule has 1 aromatic carbocycles. The smallest absolute Gasteiger partial charge is 0.315 e. The largest absolute Gasteiger partial charge is 0.469 e. The lowest BCUT2D eigenvalue weighted by Crippen LogP contribution is -2.35. The molecule has 0 fully saturated rings. The van der Waals surface area contributed by atoms with Crippen LogP contribution in [0.1, 0.15) is 11.2 Å². The highest BCUT2D eigenvalue weighted by atomic mass is 16.6. The van der Waals surface area contributed by atoms with Crippen molar-refractivity contribution < 1.29 is 24.0 Å². The van der Waals surface area contributed by atoms with Crippen LogP contribution in [0.5, 0.6) is 0 Å². The van der Waals surface area contributed by atoms with Gasteiger partial charge < -0.3 is 9.64 Å². The van der Waals surface area contributed by atoms with Crippen molar-refractivity contribution in [3.05, 3.63) is 40.6 Å². The Balaban J connectivity index is 2.19. The average Bonchev–Trinajstić information content (AvgIpc) is 2.97. The van der Waals surface area contributed by atoms with E-state index in [1.807, 2.05) is 0 Å². The number of aromatic nitrogens is 1. The fraction of sp³-hybridized carbons (Fsp3) is 0.267. The zero-order chi connectivity index (χ0) is 17.9. The first-order valence-corrected chi connectivity index (χ1v) is 6.93. The van der Waals surface area contributed by atoms with E-state index in [2.05, 4.69) is 4.74 Å². The molecule has 0 atom stereocenters. The van der Waals surface area contributed by atoms with Crippen LogP contribution in [0, 0.1) is 10.1 Å². The molecule has 9 nitrogen and oxygen atoms in total. The van der Waals surface area contributed by atoms with Gasteiger partial charge in [0.05, 0.1) is 17.5 Å². The average molecular weight is 333 g/mol. The molecule has 9 heteroatoms. The van der Waals surface area contributed by atoms with E-state index in [1.54, 1.807) is 12.1 Å². The number of carbonyl (C=O) groups excluding carboxylic acids is 3. The van der Waals surface area contributed by atoms with Gasteiger partial charge >= 0.3 is 5.97 Å². The number of hydrogen-bond acceptors (Lipinski definition) is 6. The van der Waals surface area contributed by atoms with Gasteiger partial charge in [-0.1, -0.05) is 0 Å². The van der Waals surface area contributed by atoms with Crippen molar-refractivity contribution in [2.75, 3.05) is 20.7 Å². The van der Waals surface area contributed by atoms with Gasteiger partial charge in [0.15, 0.2) is 0 Å². The molecule has 1 amide bonds. The van der Waals surface area contributed by atoms with Crippen LogP contribution in [0.15, 0.2) is 30.5 Å². The Hall–Kier alpha value is -3.23. The van der Waals surface area contributed by atoms with Crippen molar-refractivity contribution >= 4 is 34.4 Å². The molecule has 2 aromatic rings. The maximum atomic E-state index is 12.4. The summed E-state index contributed by atoms with van der Waals surface area (Å²) in [6, 6.07) is 5.84. The van der Waals surface area contributed by atoms with Crippen LogP contribution in [0.2, 0.25) is 0 Å². The van der Waals surface area contributed by atoms with Crippen LogP contribution in [0.25, 0.3) is 10.9 Å². The normalized spacial score (nSPS) is 10.4. The Labute approximate surface area is 136 Å². The SMILES string of the molecule is COC(=O)CC(=O)N(C)CC(=O)n1ccc2ccc([N+](=O)[O-])cc21. The van der Waals surface area contributed by atoms with Gasteiger partial charge in [0.2, 0.25) is 5.91 Å². The Morgan fingerprint density at radius 3 is 2.62 bits per heavy atom. The first-order chi connectivity index (χ1) is 11.3. The van der Waals surface area contributed by atoms with E-state index < -0.39 is 29.1 Å². The number of carbonyl (C=O) groups is 3. The number of methoxy groups -OCH3 is 1. The van der Waals surface area contributed by atoms with Gasteiger partial charge in [-0.3, -0.25) is 29.1 Å². The summed E-state index contributed by atoms with van der Waals surface area (Å²) in [6.07, 6.45) is 1.02. The lowest BCUT2D eigenvalue weighted by Gasteiger charge is -2.16. The number of ether oxygens (including phenoxy) is 1. The standard InChI is InChI=1S/C15H15N3O6/c1-16(13(19)8-15(21)24-2)9-14(20)17-6-5-10-3-4-11(18(22)23)7-12(10)17/h3-7H,8-9H2,1-2H3. The van der Waals surface area contributed by atoms with Crippen LogP contribution < -0.4 is 0 Å². The van der Waals surface area contributed by atoms with Crippen molar-refractivity contribution in [1.29, 1.82) is 0 Å². The lowest BCUT2D eigenvalue weighted by molar-refractivity contribution is -0.384. The van der Waals surface area contributed by atoms with Crippen molar-refractivity contribution in [2.45, 2.75) is 6.42 Å². The second-order valence-corrected chi connectivity index (χ2v) is 5.08. The van der Waals surface area contributed by atoms with Crippen molar-refractivity contribution in [3.63, 3.8) is 0 Å². The number of amides is 1. The van der Waals surface area contributed by atoms with E-state index in [0.717, 1.165) is 4.90 Å². The van der Waals surface area contributed by atoms with Gasteiger partial charge in [-0.15, -0.1) is 0 Å². The van der Waals surface area contributed by atoms with E-state index in [9.17, 15) is 24.5 Å².